The highest BCUT2D eigenvalue weighted by Gasteiger charge is 2.32. The molecule has 7 nitrogen and oxygen atoms in total. The number of benzene rings is 3. The normalized spacial score (nSPS) is 12.0. The molecule has 0 aliphatic carbocycles. The maximum Gasteiger partial charge on any atom is 0.244 e. The van der Waals surface area contributed by atoms with Gasteiger partial charge in [-0.25, -0.2) is 8.42 Å². The molecule has 0 spiro atoms. The van der Waals surface area contributed by atoms with Crippen LogP contribution in [0.4, 0.5) is 5.69 Å². The van der Waals surface area contributed by atoms with Gasteiger partial charge in [0.1, 0.15) is 12.6 Å². The summed E-state index contributed by atoms with van der Waals surface area (Å²) in [5.74, 6) is -0.860. The summed E-state index contributed by atoms with van der Waals surface area (Å²) in [7, 11) is -2.27. The van der Waals surface area contributed by atoms with Crippen LogP contribution in [-0.4, -0.2) is 51.0 Å². The van der Waals surface area contributed by atoms with E-state index in [1.165, 1.54) is 11.9 Å². The van der Waals surface area contributed by atoms with Crippen LogP contribution in [0.1, 0.15) is 16.7 Å². The molecule has 9 heteroatoms. The third-order valence-electron chi connectivity index (χ3n) is 5.76. The molecule has 1 unspecified atom stereocenters. The molecule has 3 aromatic rings. The molecule has 0 radical (unpaired) electrons. The standard InChI is InChI=1S/C27H30ClN3O4S/c1-20-12-14-24(15-13-20)31(36(3,34)35)19-26(32)30(18-22-10-7-11-23(28)16-22)25(27(33)29-2)17-21-8-5-4-6-9-21/h4-16,25H,17-19H2,1-3H3,(H,29,33). The van der Waals surface area contributed by atoms with E-state index in [9.17, 15) is 18.0 Å². The first-order valence-corrected chi connectivity index (χ1v) is 13.6. The molecule has 3 rings (SSSR count). The Morgan fingerprint density at radius 1 is 0.944 bits per heavy atom. The molecule has 1 atom stereocenters. The van der Waals surface area contributed by atoms with Gasteiger partial charge < -0.3 is 10.2 Å². The molecule has 1 N–H and O–H groups in total. The fourth-order valence-corrected chi connectivity index (χ4v) is 4.94. The third kappa shape index (κ3) is 7.32. The topological polar surface area (TPSA) is 86.8 Å². The first kappa shape index (κ1) is 27.2. The van der Waals surface area contributed by atoms with Gasteiger partial charge in [0.05, 0.1) is 11.9 Å². The maximum atomic E-state index is 13.8. The summed E-state index contributed by atoms with van der Waals surface area (Å²) < 4.78 is 26.4. The van der Waals surface area contributed by atoms with E-state index >= 15 is 0 Å². The molecule has 3 aromatic carbocycles. The Bertz CT molecular complexity index is 1300. The van der Waals surface area contributed by atoms with E-state index in [2.05, 4.69) is 5.32 Å². The van der Waals surface area contributed by atoms with Gasteiger partial charge in [-0.05, 0) is 42.3 Å². The van der Waals surface area contributed by atoms with Crippen molar-refractivity contribution in [1.29, 1.82) is 0 Å². The second-order valence-electron chi connectivity index (χ2n) is 8.58. The van der Waals surface area contributed by atoms with Gasteiger partial charge in [-0.2, -0.15) is 0 Å². The molecule has 0 aliphatic rings. The van der Waals surface area contributed by atoms with Crippen molar-refractivity contribution < 1.29 is 18.0 Å². The van der Waals surface area contributed by atoms with Crippen LogP contribution in [-0.2, 0) is 32.6 Å². The maximum absolute atomic E-state index is 13.8. The van der Waals surface area contributed by atoms with Gasteiger partial charge in [-0.1, -0.05) is 71.8 Å². The van der Waals surface area contributed by atoms with Crippen LogP contribution in [0.25, 0.3) is 0 Å². The van der Waals surface area contributed by atoms with Crippen molar-refractivity contribution in [3.63, 3.8) is 0 Å². The van der Waals surface area contributed by atoms with E-state index in [0.717, 1.165) is 27.3 Å². The number of sulfonamides is 1. The molecule has 0 fully saturated rings. The molecule has 0 saturated carbocycles. The van der Waals surface area contributed by atoms with E-state index in [1.54, 1.807) is 42.5 Å². The fraction of sp³-hybridized carbons (Fsp3) is 0.259. The minimum Gasteiger partial charge on any atom is -0.357 e. The first-order chi connectivity index (χ1) is 17.1. The van der Waals surface area contributed by atoms with Crippen molar-refractivity contribution in [1.82, 2.24) is 10.2 Å². The van der Waals surface area contributed by atoms with Crippen LogP contribution in [0.15, 0.2) is 78.9 Å². The highest BCUT2D eigenvalue weighted by Crippen LogP contribution is 2.21. The zero-order valence-electron chi connectivity index (χ0n) is 20.5. The number of nitrogens with one attached hydrogen (secondary N) is 1. The Labute approximate surface area is 217 Å². The molecular weight excluding hydrogens is 498 g/mol. The quantitative estimate of drug-likeness (QED) is 0.434. The monoisotopic (exact) mass is 527 g/mol. The molecule has 36 heavy (non-hydrogen) atoms. The smallest absolute Gasteiger partial charge is 0.244 e. The minimum atomic E-state index is -3.79. The zero-order chi connectivity index (χ0) is 26.3. The predicted octanol–water partition coefficient (Wildman–Crippen LogP) is 3.80. The van der Waals surface area contributed by atoms with E-state index in [0.29, 0.717) is 10.7 Å². The number of carbonyl (C=O) groups is 2. The van der Waals surface area contributed by atoms with E-state index in [4.69, 9.17) is 11.6 Å². The Morgan fingerprint density at radius 2 is 1.58 bits per heavy atom. The van der Waals surface area contributed by atoms with Gasteiger partial charge >= 0.3 is 0 Å². The van der Waals surface area contributed by atoms with Crippen LogP contribution in [0, 0.1) is 6.92 Å². The highest BCUT2D eigenvalue weighted by atomic mass is 35.5. The SMILES string of the molecule is CNC(=O)C(Cc1ccccc1)N(Cc1cccc(Cl)c1)C(=O)CN(c1ccc(C)cc1)S(C)(=O)=O. The predicted molar refractivity (Wildman–Crippen MR) is 143 cm³/mol. The summed E-state index contributed by atoms with van der Waals surface area (Å²) in [6.45, 7) is 1.52. The van der Waals surface area contributed by atoms with Gasteiger partial charge in [0.25, 0.3) is 0 Å². The largest absolute Gasteiger partial charge is 0.357 e. The number of hydrogen-bond donors (Lipinski definition) is 1. The van der Waals surface area contributed by atoms with E-state index < -0.39 is 28.5 Å². The lowest BCUT2D eigenvalue weighted by atomic mass is 10.0. The number of halogens is 1. The van der Waals surface area contributed by atoms with Gasteiger partial charge in [0.2, 0.25) is 21.8 Å². The lowest BCUT2D eigenvalue weighted by Gasteiger charge is -2.33. The number of rotatable bonds is 10. The number of nitrogens with zero attached hydrogens (tertiary/aromatic N) is 2. The third-order valence-corrected chi connectivity index (χ3v) is 7.14. The van der Waals surface area contributed by atoms with E-state index in [1.807, 2.05) is 43.3 Å². The average molecular weight is 528 g/mol. The fourth-order valence-electron chi connectivity index (χ4n) is 3.88. The summed E-state index contributed by atoms with van der Waals surface area (Å²) in [6.07, 6.45) is 1.32. The molecule has 190 valence electrons. The van der Waals surface area contributed by atoms with Crippen LogP contribution < -0.4 is 9.62 Å². The molecule has 0 saturated heterocycles. The van der Waals surface area contributed by atoms with Crippen molar-refractivity contribution in [2.24, 2.45) is 0 Å². The van der Waals surface area contributed by atoms with Gasteiger partial charge in [-0.15, -0.1) is 0 Å². The number of aryl methyl sites for hydroxylation is 1. The molecule has 0 heterocycles. The Balaban J connectivity index is 2.02. The van der Waals surface area contributed by atoms with Crippen LogP contribution in [0.3, 0.4) is 0 Å². The van der Waals surface area contributed by atoms with Crippen molar-refractivity contribution in [3.8, 4) is 0 Å². The Kier molecular flexibility index (Phi) is 9.12. The molecule has 0 aromatic heterocycles. The summed E-state index contributed by atoms with van der Waals surface area (Å²) in [5.41, 5.74) is 2.93. The Morgan fingerprint density at radius 3 is 2.17 bits per heavy atom. The summed E-state index contributed by atoms with van der Waals surface area (Å²) in [5, 5.41) is 3.15. The van der Waals surface area contributed by atoms with Crippen LogP contribution >= 0.6 is 11.6 Å². The molecule has 0 bridgehead atoms. The van der Waals surface area contributed by atoms with Crippen LogP contribution in [0.2, 0.25) is 5.02 Å². The summed E-state index contributed by atoms with van der Waals surface area (Å²) in [4.78, 5) is 28.3. The second kappa shape index (κ2) is 12.1. The average Bonchev–Trinajstić information content (AvgIpc) is 2.84. The number of carbonyl (C=O) groups excluding carboxylic acids is 2. The molecule has 0 aliphatic heterocycles. The molecular formula is C27H30ClN3O4S. The second-order valence-corrected chi connectivity index (χ2v) is 10.9. The van der Waals surface area contributed by atoms with Crippen molar-refractivity contribution in [3.05, 3.63) is 101 Å². The summed E-state index contributed by atoms with van der Waals surface area (Å²) >= 11 is 6.17. The first-order valence-electron chi connectivity index (χ1n) is 11.4. The summed E-state index contributed by atoms with van der Waals surface area (Å²) in [6, 6.07) is 22.4. The molecule has 2 amide bonds. The lowest BCUT2D eigenvalue weighted by Crippen LogP contribution is -2.52. The zero-order valence-corrected chi connectivity index (χ0v) is 22.1. The lowest BCUT2D eigenvalue weighted by molar-refractivity contribution is -0.139. The number of anilines is 1. The van der Waals surface area contributed by atoms with Crippen molar-refractivity contribution in [2.75, 3.05) is 24.2 Å². The van der Waals surface area contributed by atoms with E-state index in [-0.39, 0.29) is 18.9 Å². The van der Waals surface area contributed by atoms with Gasteiger partial charge in [0.15, 0.2) is 0 Å². The minimum absolute atomic E-state index is 0.0792. The van der Waals surface area contributed by atoms with Crippen LogP contribution in [0.5, 0.6) is 0 Å². The number of likely N-dealkylation sites (N-methyl/N-ethyl adjacent to an activating group) is 1. The highest BCUT2D eigenvalue weighted by molar-refractivity contribution is 7.92. The Hall–Kier alpha value is -3.36. The van der Waals surface area contributed by atoms with Crippen molar-refractivity contribution >= 4 is 39.1 Å². The number of hydrogen-bond acceptors (Lipinski definition) is 4. The number of amides is 2. The van der Waals surface area contributed by atoms with Crippen molar-refractivity contribution in [2.45, 2.75) is 25.9 Å². The van der Waals surface area contributed by atoms with Gasteiger partial charge in [0, 0.05) is 25.0 Å². The van der Waals surface area contributed by atoms with Gasteiger partial charge in [-0.3, -0.25) is 13.9 Å².